The number of hydrogen-bond donors (Lipinski definition) is 3. The Bertz CT molecular complexity index is 1080. The van der Waals surface area contributed by atoms with Gasteiger partial charge in [0.1, 0.15) is 23.2 Å². The molecule has 0 fully saturated rings. The molecule has 0 spiro atoms. The molecule has 2 aliphatic heterocycles. The number of aliphatic imine (C=N–C) groups is 2. The Balaban J connectivity index is 2.13. The molecule has 2 heterocycles. The average Bonchev–Trinajstić information content (AvgIpc) is 3.35. The Morgan fingerprint density at radius 1 is 1.43 bits per heavy atom. The maximum Gasteiger partial charge on any atom is 0.352 e. The van der Waals surface area contributed by atoms with E-state index in [4.69, 9.17) is 10.6 Å². The Hall–Kier alpha value is -2.97. The molecule has 190 valence electrons. The molecule has 1 aromatic rings. The number of aliphatic carboxylic acids is 1. The molecule has 0 saturated carbocycles. The summed E-state index contributed by atoms with van der Waals surface area (Å²) in [6.07, 6.45) is 3.75. The zero-order valence-electron chi connectivity index (χ0n) is 19.9. The summed E-state index contributed by atoms with van der Waals surface area (Å²) in [5, 5.41) is 26.3. The molecule has 0 radical (unpaired) electrons. The first-order chi connectivity index (χ1) is 16.7. The van der Waals surface area contributed by atoms with Crippen LogP contribution in [0.2, 0.25) is 0 Å². The molecule has 0 amide bonds. The molecule has 1 aromatic carbocycles. The number of rotatable bonds is 11. The molecule has 0 aromatic heterocycles. The second kappa shape index (κ2) is 11.6. The van der Waals surface area contributed by atoms with Crippen LogP contribution in [0.4, 0.5) is 5.69 Å². The van der Waals surface area contributed by atoms with Crippen molar-refractivity contribution >= 4 is 46.7 Å². The number of nitrogens with one attached hydrogen (secondary N) is 1. The van der Waals surface area contributed by atoms with E-state index in [9.17, 15) is 20.0 Å². The molecular formula is C21H29N7O5S2. The van der Waals surface area contributed by atoms with E-state index >= 15 is 0 Å². The summed E-state index contributed by atoms with van der Waals surface area (Å²) in [5.41, 5.74) is 0.0373. The Kier molecular flexibility index (Phi) is 8.86. The first kappa shape index (κ1) is 26.6. The summed E-state index contributed by atoms with van der Waals surface area (Å²) in [4.78, 5) is 34.3. The van der Waals surface area contributed by atoms with Gasteiger partial charge in [0.05, 0.1) is 11.5 Å². The van der Waals surface area contributed by atoms with Crippen LogP contribution in [0.15, 0.2) is 39.8 Å². The maximum atomic E-state index is 12.2. The number of anilines is 1. The summed E-state index contributed by atoms with van der Waals surface area (Å²) in [6.45, 7) is 1.36. The van der Waals surface area contributed by atoms with Crippen molar-refractivity contribution in [3.8, 4) is 5.75 Å². The highest BCUT2D eigenvalue weighted by atomic mass is 32.2. The van der Waals surface area contributed by atoms with E-state index in [1.54, 1.807) is 18.4 Å². The largest absolute Gasteiger partial charge is 0.481 e. The van der Waals surface area contributed by atoms with Crippen molar-refractivity contribution in [2.75, 3.05) is 50.3 Å². The van der Waals surface area contributed by atoms with Gasteiger partial charge in [-0.25, -0.2) is 15.8 Å². The molecule has 2 atom stereocenters. The Morgan fingerprint density at radius 3 is 2.71 bits per heavy atom. The number of hydrogen-bond acceptors (Lipinski definition) is 12. The van der Waals surface area contributed by atoms with Crippen LogP contribution >= 0.6 is 23.5 Å². The van der Waals surface area contributed by atoms with Crippen LogP contribution in [0, 0.1) is 16.0 Å². The van der Waals surface area contributed by atoms with Gasteiger partial charge in [0, 0.05) is 38.0 Å². The number of carboxylic acid groups (broad SMARTS) is 1. The van der Waals surface area contributed by atoms with Crippen molar-refractivity contribution < 1.29 is 19.6 Å². The minimum absolute atomic E-state index is 0.154. The van der Waals surface area contributed by atoms with E-state index in [1.807, 2.05) is 31.3 Å². The van der Waals surface area contributed by atoms with Crippen LogP contribution in [-0.4, -0.2) is 83.5 Å². The molecule has 2 unspecified atom stereocenters. The molecule has 2 aliphatic rings. The lowest BCUT2D eigenvalue weighted by Gasteiger charge is -2.31. The fourth-order valence-electron chi connectivity index (χ4n) is 3.62. The first-order valence-corrected chi connectivity index (χ1v) is 13.4. The molecule has 14 heteroatoms. The number of carbonyl (C=O) groups is 1. The number of ether oxygens (including phenoxy) is 1. The summed E-state index contributed by atoms with van der Waals surface area (Å²) in [7, 11) is 3.73. The first-order valence-electron chi connectivity index (χ1n) is 10.7. The normalized spacial score (nSPS) is 18.5. The van der Waals surface area contributed by atoms with Crippen LogP contribution in [0.5, 0.6) is 5.75 Å². The standard InChI is InChI=1S/C21H29N7O5S2/c1-26(2)13-9-12(18-23-6-7-24-18)10-14(11-13)33-19-17(28(31)32)16(25-21(35-4)27(19)22)15(20(29)30)5-8-34-3/h9-11,15,21H,5-8,22H2,1-4H3,(H,23,24)(H,29,30). The lowest BCUT2D eigenvalue weighted by molar-refractivity contribution is -0.420. The van der Waals surface area contributed by atoms with Crippen LogP contribution in [0.25, 0.3) is 0 Å². The molecule has 3 rings (SSSR count). The molecule has 0 aliphatic carbocycles. The van der Waals surface area contributed by atoms with E-state index in [1.165, 1.54) is 23.5 Å². The van der Waals surface area contributed by atoms with Crippen LogP contribution < -0.4 is 20.8 Å². The Labute approximate surface area is 211 Å². The third kappa shape index (κ3) is 6.00. The fourth-order valence-corrected chi connectivity index (χ4v) is 4.63. The van der Waals surface area contributed by atoms with Crippen molar-refractivity contribution in [2.45, 2.75) is 11.9 Å². The fraction of sp³-hybridized carbons (Fsp3) is 0.476. The highest BCUT2D eigenvalue weighted by molar-refractivity contribution is 7.99. The topological polar surface area (TPSA) is 159 Å². The van der Waals surface area contributed by atoms with Crippen LogP contribution in [-0.2, 0) is 4.79 Å². The van der Waals surface area contributed by atoms with E-state index in [-0.39, 0.29) is 18.0 Å². The maximum absolute atomic E-state index is 12.2. The smallest absolute Gasteiger partial charge is 0.352 e. The Morgan fingerprint density at radius 2 is 2.17 bits per heavy atom. The average molecular weight is 524 g/mol. The van der Waals surface area contributed by atoms with Crippen molar-refractivity contribution in [1.82, 2.24) is 10.3 Å². The number of amidine groups is 1. The zero-order chi connectivity index (χ0) is 25.7. The van der Waals surface area contributed by atoms with Crippen molar-refractivity contribution in [2.24, 2.45) is 21.7 Å². The number of nitrogens with two attached hydrogens (primary N) is 1. The zero-order valence-corrected chi connectivity index (χ0v) is 21.6. The third-order valence-electron chi connectivity index (χ3n) is 5.37. The second-order valence-corrected chi connectivity index (χ2v) is 9.81. The summed E-state index contributed by atoms with van der Waals surface area (Å²) >= 11 is 2.66. The van der Waals surface area contributed by atoms with Gasteiger partial charge < -0.3 is 20.1 Å². The summed E-state index contributed by atoms with van der Waals surface area (Å²) in [6, 6.07) is 5.36. The molecule has 4 N–H and O–H groups in total. The number of nitrogens with zero attached hydrogens (tertiary/aromatic N) is 5. The number of benzene rings is 1. The highest BCUT2D eigenvalue weighted by Crippen LogP contribution is 2.33. The third-order valence-corrected chi connectivity index (χ3v) is 6.77. The lowest BCUT2D eigenvalue weighted by atomic mass is 9.97. The van der Waals surface area contributed by atoms with Crippen LogP contribution in [0.1, 0.15) is 12.0 Å². The van der Waals surface area contributed by atoms with Gasteiger partial charge in [0.15, 0.2) is 5.50 Å². The molecular weight excluding hydrogens is 494 g/mol. The van der Waals surface area contributed by atoms with Gasteiger partial charge in [-0.15, -0.1) is 11.8 Å². The van der Waals surface area contributed by atoms with Crippen LogP contribution in [0.3, 0.4) is 0 Å². The minimum Gasteiger partial charge on any atom is -0.481 e. The summed E-state index contributed by atoms with van der Waals surface area (Å²) in [5.74, 6) is 5.08. The molecule has 12 nitrogen and oxygen atoms in total. The SMILES string of the molecule is CSCCC(C(=O)O)C1=NC(SC)N(N)C(Oc2cc(C3=NCCN3)cc(N(C)C)c2)=C1[N+](=O)[O-]. The van der Waals surface area contributed by atoms with E-state index in [2.05, 4.69) is 15.3 Å². The molecule has 0 saturated heterocycles. The van der Waals surface area contributed by atoms with E-state index < -0.39 is 28.0 Å². The summed E-state index contributed by atoms with van der Waals surface area (Å²) < 4.78 is 6.07. The van der Waals surface area contributed by atoms with E-state index in [0.717, 1.165) is 16.3 Å². The quantitative estimate of drug-likeness (QED) is 0.220. The highest BCUT2D eigenvalue weighted by Gasteiger charge is 2.43. The molecule has 0 bridgehead atoms. The number of thioether (sulfide) groups is 2. The predicted molar refractivity (Wildman–Crippen MR) is 140 cm³/mol. The lowest BCUT2D eigenvalue weighted by Crippen LogP contribution is -2.47. The predicted octanol–water partition coefficient (Wildman–Crippen LogP) is 1.66. The van der Waals surface area contributed by atoms with Gasteiger partial charge in [0.2, 0.25) is 0 Å². The number of nitro groups is 1. The van der Waals surface area contributed by atoms with Crippen molar-refractivity contribution in [1.29, 1.82) is 0 Å². The van der Waals surface area contributed by atoms with Gasteiger partial charge in [-0.05, 0) is 36.8 Å². The van der Waals surface area contributed by atoms with Gasteiger partial charge in [-0.3, -0.25) is 19.9 Å². The van der Waals surface area contributed by atoms with Gasteiger partial charge in [-0.2, -0.15) is 11.8 Å². The van der Waals surface area contributed by atoms with Crippen molar-refractivity contribution in [3.63, 3.8) is 0 Å². The minimum atomic E-state index is -1.19. The number of allylic oxidation sites excluding steroid dienone is 1. The van der Waals surface area contributed by atoms with E-state index in [0.29, 0.717) is 30.4 Å². The molecule has 35 heavy (non-hydrogen) atoms. The number of hydrazine groups is 1. The van der Waals surface area contributed by atoms with Gasteiger partial charge in [0.25, 0.3) is 5.88 Å². The monoisotopic (exact) mass is 523 g/mol. The number of carboxylic acids is 1. The van der Waals surface area contributed by atoms with Gasteiger partial charge in [-0.1, -0.05) is 0 Å². The second-order valence-electron chi connectivity index (χ2n) is 7.94. The van der Waals surface area contributed by atoms with Crippen molar-refractivity contribution in [3.05, 3.63) is 45.5 Å². The van der Waals surface area contributed by atoms with Gasteiger partial charge >= 0.3 is 11.7 Å².